The minimum atomic E-state index is -1.26. The summed E-state index contributed by atoms with van der Waals surface area (Å²) in [7, 11) is 1.29. The van der Waals surface area contributed by atoms with Crippen molar-refractivity contribution >= 4 is 34.8 Å². The summed E-state index contributed by atoms with van der Waals surface area (Å²) in [6.45, 7) is 3.59. The second-order valence-electron chi connectivity index (χ2n) is 7.18. The van der Waals surface area contributed by atoms with Gasteiger partial charge in [0.1, 0.15) is 5.54 Å². The number of aryl methyl sites for hydroxylation is 1. The molecule has 140 valence electrons. The molecular weight excluding hydrogens is 364 g/mol. The number of rotatable bonds is 3. The van der Waals surface area contributed by atoms with E-state index < -0.39 is 29.4 Å². The molecule has 4 atom stereocenters. The van der Waals surface area contributed by atoms with Crippen LogP contribution in [0.15, 0.2) is 41.8 Å². The zero-order chi connectivity index (χ0) is 19.3. The third-order valence-electron chi connectivity index (χ3n) is 5.54. The molecule has 4 rings (SSSR count). The number of thiophene rings is 1. The average molecular weight is 384 g/mol. The van der Waals surface area contributed by atoms with Gasteiger partial charge in [-0.2, -0.15) is 0 Å². The fourth-order valence-corrected chi connectivity index (χ4v) is 5.02. The van der Waals surface area contributed by atoms with Crippen molar-refractivity contribution in [3.8, 4) is 0 Å². The number of hydrogen-bond acceptors (Lipinski definition) is 6. The van der Waals surface area contributed by atoms with E-state index in [2.05, 4.69) is 5.32 Å². The molecule has 0 radical (unpaired) electrons. The smallest absolute Gasteiger partial charge is 0.326 e. The van der Waals surface area contributed by atoms with Gasteiger partial charge in [0.15, 0.2) is 0 Å². The van der Waals surface area contributed by atoms with Gasteiger partial charge in [0.25, 0.3) is 0 Å². The van der Waals surface area contributed by atoms with Crippen molar-refractivity contribution in [2.75, 3.05) is 12.0 Å². The Morgan fingerprint density at radius 1 is 1.19 bits per heavy atom. The van der Waals surface area contributed by atoms with Crippen LogP contribution in [0.1, 0.15) is 23.4 Å². The van der Waals surface area contributed by atoms with Crippen molar-refractivity contribution in [3.63, 3.8) is 0 Å². The van der Waals surface area contributed by atoms with Gasteiger partial charge in [0.05, 0.1) is 30.7 Å². The van der Waals surface area contributed by atoms with Crippen molar-refractivity contribution in [1.82, 2.24) is 5.32 Å². The highest BCUT2D eigenvalue weighted by Gasteiger charge is 2.67. The van der Waals surface area contributed by atoms with Crippen molar-refractivity contribution in [2.24, 2.45) is 11.8 Å². The highest BCUT2D eigenvalue weighted by Crippen LogP contribution is 2.50. The van der Waals surface area contributed by atoms with Crippen LogP contribution < -0.4 is 10.2 Å². The van der Waals surface area contributed by atoms with Gasteiger partial charge >= 0.3 is 5.97 Å². The zero-order valence-electron chi connectivity index (χ0n) is 15.3. The minimum Gasteiger partial charge on any atom is -0.468 e. The molecule has 2 amide bonds. The number of carbonyl (C=O) groups is 3. The topological polar surface area (TPSA) is 75.7 Å². The van der Waals surface area contributed by atoms with E-state index in [0.29, 0.717) is 5.69 Å². The summed E-state index contributed by atoms with van der Waals surface area (Å²) in [6, 6.07) is 10.6. The summed E-state index contributed by atoms with van der Waals surface area (Å²) in [5.41, 5.74) is 0.304. The van der Waals surface area contributed by atoms with Crippen LogP contribution in [0, 0.1) is 18.8 Å². The molecule has 2 aromatic rings. The normalized spacial score (nSPS) is 29.9. The van der Waals surface area contributed by atoms with Gasteiger partial charge in [-0.3, -0.25) is 19.7 Å². The van der Waals surface area contributed by atoms with Crippen LogP contribution in [0.3, 0.4) is 0 Å². The maximum atomic E-state index is 13.3. The van der Waals surface area contributed by atoms with Crippen LogP contribution in [-0.4, -0.2) is 30.4 Å². The van der Waals surface area contributed by atoms with Crippen molar-refractivity contribution in [3.05, 3.63) is 52.2 Å². The van der Waals surface area contributed by atoms with E-state index in [9.17, 15) is 14.4 Å². The third kappa shape index (κ3) is 2.53. The van der Waals surface area contributed by atoms with Crippen LogP contribution in [0.2, 0.25) is 0 Å². The lowest BCUT2D eigenvalue weighted by molar-refractivity contribution is -0.151. The Kier molecular flexibility index (Phi) is 4.16. The molecule has 2 saturated heterocycles. The van der Waals surface area contributed by atoms with Crippen molar-refractivity contribution in [2.45, 2.75) is 25.4 Å². The Morgan fingerprint density at radius 2 is 1.89 bits per heavy atom. The van der Waals surface area contributed by atoms with Gasteiger partial charge in [-0.25, -0.2) is 4.90 Å². The molecule has 1 N–H and O–H groups in total. The van der Waals surface area contributed by atoms with E-state index in [0.717, 1.165) is 10.4 Å². The van der Waals surface area contributed by atoms with Crippen LogP contribution in [0.5, 0.6) is 0 Å². The quantitative estimate of drug-likeness (QED) is 0.650. The number of methoxy groups -OCH3 is 1. The monoisotopic (exact) mass is 384 g/mol. The summed E-state index contributed by atoms with van der Waals surface area (Å²) in [5.74, 6) is -2.66. The molecule has 27 heavy (non-hydrogen) atoms. The second kappa shape index (κ2) is 6.28. The number of ether oxygens (including phenoxy) is 1. The van der Waals surface area contributed by atoms with Crippen LogP contribution in [0.25, 0.3) is 0 Å². The number of imide groups is 1. The summed E-state index contributed by atoms with van der Waals surface area (Å²) < 4.78 is 4.97. The number of anilines is 1. The zero-order valence-corrected chi connectivity index (χ0v) is 16.1. The predicted molar refractivity (Wildman–Crippen MR) is 101 cm³/mol. The maximum Gasteiger partial charge on any atom is 0.326 e. The molecule has 1 aromatic carbocycles. The van der Waals surface area contributed by atoms with Crippen LogP contribution in [-0.2, 0) is 19.1 Å². The van der Waals surface area contributed by atoms with Gasteiger partial charge in [-0.15, -0.1) is 11.3 Å². The van der Waals surface area contributed by atoms with E-state index in [4.69, 9.17) is 4.74 Å². The number of hydrogen-bond donors (Lipinski definition) is 1. The van der Waals surface area contributed by atoms with E-state index >= 15 is 0 Å². The maximum absolute atomic E-state index is 13.3. The molecule has 0 saturated carbocycles. The largest absolute Gasteiger partial charge is 0.468 e. The van der Waals surface area contributed by atoms with Gasteiger partial charge in [-0.05, 0) is 37.4 Å². The molecule has 0 unspecified atom stereocenters. The van der Waals surface area contributed by atoms with Crippen molar-refractivity contribution in [1.29, 1.82) is 0 Å². The minimum absolute atomic E-state index is 0.285. The van der Waals surface area contributed by atoms with Gasteiger partial charge in [0, 0.05) is 4.88 Å². The van der Waals surface area contributed by atoms with E-state index in [1.807, 2.05) is 36.6 Å². The molecule has 1 aromatic heterocycles. The van der Waals surface area contributed by atoms with Crippen LogP contribution in [0.4, 0.5) is 5.69 Å². The summed E-state index contributed by atoms with van der Waals surface area (Å²) >= 11 is 1.49. The Balaban J connectivity index is 1.81. The number of benzene rings is 1. The van der Waals surface area contributed by atoms with Gasteiger partial charge in [0.2, 0.25) is 11.8 Å². The first-order valence-corrected chi connectivity index (χ1v) is 9.60. The number of carbonyl (C=O) groups excluding carboxylic acids is 3. The number of nitrogens with one attached hydrogen (secondary N) is 1. The van der Waals surface area contributed by atoms with Crippen molar-refractivity contribution < 1.29 is 19.1 Å². The molecule has 0 spiro atoms. The second-order valence-corrected chi connectivity index (χ2v) is 8.16. The lowest BCUT2D eigenvalue weighted by atomic mass is 9.81. The first kappa shape index (κ1) is 17.9. The number of nitrogens with zero attached hydrogens (tertiary/aromatic N) is 1. The Bertz CT molecular complexity index is 909. The number of fused-ring (bicyclic) bond motifs is 1. The fourth-order valence-electron chi connectivity index (χ4n) is 4.20. The molecule has 3 heterocycles. The molecule has 2 aliphatic rings. The SMILES string of the molecule is COC(=O)[C@]1(C)N[C@@H](c2cccs2)[C@H]2C(=O)N(c3ccc(C)cc3)C(=O)[C@H]21. The highest BCUT2D eigenvalue weighted by molar-refractivity contribution is 7.10. The van der Waals surface area contributed by atoms with Gasteiger partial charge in [-0.1, -0.05) is 23.8 Å². The number of esters is 1. The molecular formula is C20H20N2O4S. The standard InChI is InChI=1S/C20H20N2O4S/c1-11-6-8-12(9-7-11)22-17(23)14-15(18(22)24)20(2,19(25)26-3)21-16(14)13-5-4-10-27-13/h4-10,14-16,21H,1-3H3/t14-,15-,16-,20+/m0/s1. The first-order valence-electron chi connectivity index (χ1n) is 8.72. The Morgan fingerprint density at radius 3 is 2.48 bits per heavy atom. The van der Waals surface area contributed by atoms with E-state index in [-0.39, 0.29) is 11.8 Å². The lowest BCUT2D eigenvalue weighted by Gasteiger charge is -2.28. The van der Waals surface area contributed by atoms with Gasteiger partial charge < -0.3 is 4.74 Å². The average Bonchev–Trinajstić information content (AvgIpc) is 3.34. The molecule has 2 fully saturated rings. The summed E-state index contributed by atoms with van der Waals surface area (Å²) in [5, 5.41) is 5.15. The first-order chi connectivity index (χ1) is 12.9. The summed E-state index contributed by atoms with van der Waals surface area (Å²) in [6.07, 6.45) is 0. The molecule has 6 nitrogen and oxygen atoms in total. The highest BCUT2D eigenvalue weighted by atomic mass is 32.1. The Labute approximate surface area is 161 Å². The lowest BCUT2D eigenvalue weighted by Crippen LogP contribution is -2.54. The molecule has 0 aliphatic carbocycles. The van der Waals surface area contributed by atoms with E-state index in [1.165, 1.54) is 23.3 Å². The fraction of sp³-hybridized carbons (Fsp3) is 0.350. The summed E-state index contributed by atoms with van der Waals surface area (Å²) in [4.78, 5) is 41.3. The van der Waals surface area contributed by atoms with E-state index in [1.54, 1.807) is 19.1 Å². The molecule has 7 heteroatoms. The van der Waals surface area contributed by atoms with Crippen LogP contribution >= 0.6 is 11.3 Å². The predicted octanol–water partition coefficient (Wildman–Crippen LogP) is 2.44. The molecule has 0 bridgehead atoms. The third-order valence-corrected chi connectivity index (χ3v) is 6.49. The number of amides is 2. The molecule has 2 aliphatic heterocycles. The Hall–Kier alpha value is -2.51.